The number of aliphatic hydroxyl groups is 1. The first-order valence-electron chi connectivity index (χ1n) is 7.34. The second-order valence-corrected chi connectivity index (χ2v) is 5.67. The second-order valence-electron chi connectivity index (χ2n) is 4.89. The summed E-state index contributed by atoms with van der Waals surface area (Å²) in [6, 6.07) is 3.40. The zero-order valence-corrected chi connectivity index (χ0v) is 13.7. The predicted molar refractivity (Wildman–Crippen MR) is 82.8 cm³/mol. The average molecular weight is 346 g/mol. The number of furan rings is 1. The number of rotatable bonds is 10. The lowest BCUT2D eigenvalue weighted by atomic mass is 10.1. The molecule has 1 aromatic heterocycles. The molecule has 1 heterocycles. The van der Waals surface area contributed by atoms with Gasteiger partial charge in [-0.15, -0.1) is 0 Å². The Bertz CT molecular complexity index is 392. The van der Waals surface area contributed by atoms with E-state index in [2.05, 4.69) is 22.9 Å². The molecule has 0 unspecified atom stereocenters. The fourth-order valence-electron chi connectivity index (χ4n) is 2.07. The Labute approximate surface area is 129 Å². The van der Waals surface area contributed by atoms with Crippen molar-refractivity contribution >= 4 is 21.8 Å². The molecule has 0 bridgehead atoms. The predicted octanol–water partition coefficient (Wildman–Crippen LogP) is 3.84. The molecule has 0 saturated carbocycles. The van der Waals surface area contributed by atoms with Crippen LogP contribution in [-0.2, 0) is 0 Å². The Morgan fingerprint density at radius 3 is 2.50 bits per heavy atom. The van der Waals surface area contributed by atoms with Gasteiger partial charge in [-0.2, -0.15) is 0 Å². The highest BCUT2D eigenvalue weighted by Gasteiger charge is 2.18. The van der Waals surface area contributed by atoms with Gasteiger partial charge in [0.25, 0.3) is 5.91 Å². The number of hydrogen-bond acceptors (Lipinski definition) is 3. The van der Waals surface area contributed by atoms with Crippen LogP contribution in [0.3, 0.4) is 0 Å². The molecular formula is C15H24BrNO3. The fourth-order valence-corrected chi connectivity index (χ4v) is 2.37. The minimum Gasteiger partial charge on any atom is -0.444 e. The van der Waals surface area contributed by atoms with Gasteiger partial charge in [0, 0.05) is 19.7 Å². The smallest absolute Gasteiger partial charge is 0.289 e. The zero-order chi connectivity index (χ0) is 14.8. The molecule has 0 aliphatic heterocycles. The molecule has 0 atom stereocenters. The SMILES string of the molecule is CCCCCCCN(CCCO)C(=O)c1ccc(Br)o1. The van der Waals surface area contributed by atoms with Gasteiger partial charge < -0.3 is 14.4 Å². The van der Waals surface area contributed by atoms with E-state index in [1.807, 2.05) is 0 Å². The molecule has 1 amide bonds. The van der Waals surface area contributed by atoms with Crippen LogP contribution in [0.15, 0.2) is 21.2 Å². The normalized spacial score (nSPS) is 10.8. The third-order valence-corrected chi connectivity index (χ3v) is 3.62. The number of nitrogens with zero attached hydrogens (tertiary/aromatic N) is 1. The van der Waals surface area contributed by atoms with Crippen LogP contribution in [0, 0.1) is 0 Å². The molecule has 0 saturated heterocycles. The molecule has 1 N–H and O–H groups in total. The van der Waals surface area contributed by atoms with E-state index in [0.29, 0.717) is 23.4 Å². The third kappa shape index (κ3) is 6.09. The first kappa shape index (κ1) is 17.2. The van der Waals surface area contributed by atoms with Gasteiger partial charge in [0.1, 0.15) is 0 Å². The van der Waals surface area contributed by atoms with Crippen LogP contribution in [0.25, 0.3) is 0 Å². The summed E-state index contributed by atoms with van der Waals surface area (Å²) >= 11 is 3.21. The van der Waals surface area contributed by atoms with Crippen LogP contribution in [0.1, 0.15) is 56.0 Å². The number of aliphatic hydroxyl groups excluding tert-OH is 1. The number of amides is 1. The van der Waals surface area contributed by atoms with Gasteiger partial charge in [0.15, 0.2) is 10.4 Å². The largest absolute Gasteiger partial charge is 0.444 e. The highest BCUT2D eigenvalue weighted by molar-refractivity contribution is 9.10. The monoisotopic (exact) mass is 345 g/mol. The van der Waals surface area contributed by atoms with Gasteiger partial charge in [-0.1, -0.05) is 32.6 Å². The number of unbranched alkanes of at least 4 members (excludes halogenated alkanes) is 4. The van der Waals surface area contributed by atoms with Crippen molar-refractivity contribution in [3.8, 4) is 0 Å². The molecule has 20 heavy (non-hydrogen) atoms. The van der Waals surface area contributed by atoms with Crippen molar-refractivity contribution < 1.29 is 14.3 Å². The molecule has 1 aromatic rings. The number of carbonyl (C=O) groups excluding carboxylic acids is 1. The summed E-state index contributed by atoms with van der Waals surface area (Å²) in [5.41, 5.74) is 0. The topological polar surface area (TPSA) is 53.7 Å². The molecule has 0 spiro atoms. The molecule has 5 heteroatoms. The van der Waals surface area contributed by atoms with Crippen LogP contribution < -0.4 is 0 Å². The molecule has 0 aliphatic rings. The van der Waals surface area contributed by atoms with E-state index in [1.165, 1.54) is 19.3 Å². The summed E-state index contributed by atoms with van der Waals surface area (Å²) in [4.78, 5) is 14.1. The van der Waals surface area contributed by atoms with Crippen molar-refractivity contribution in [2.45, 2.75) is 45.4 Å². The molecule has 1 rings (SSSR count). The standard InChI is InChI=1S/C15H24BrNO3/c1-2-3-4-5-6-10-17(11-7-12-18)15(19)13-8-9-14(16)20-13/h8-9,18H,2-7,10-12H2,1H3. The number of hydrogen-bond donors (Lipinski definition) is 1. The number of carbonyl (C=O) groups is 1. The van der Waals surface area contributed by atoms with Crippen LogP contribution in [-0.4, -0.2) is 35.6 Å². The van der Waals surface area contributed by atoms with Gasteiger partial charge in [0.05, 0.1) is 0 Å². The average Bonchev–Trinajstić information content (AvgIpc) is 2.88. The Morgan fingerprint density at radius 1 is 1.20 bits per heavy atom. The van der Waals surface area contributed by atoms with E-state index in [-0.39, 0.29) is 12.5 Å². The maximum atomic E-state index is 12.3. The number of halogens is 1. The zero-order valence-electron chi connectivity index (χ0n) is 12.1. The van der Waals surface area contributed by atoms with E-state index >= 15 is 0 Å². The summed E-state index contributed by atoms with van der Waals surface area (Å²) in [5.74, 6) is 0.253. The van der Waals surface area contributed by atoms with Gasteiger partial charge in [-0.3, -0.25) is 4.79 Å². The van der Waals surface area contributed by atoms with Gasteiger partial charge >= 0.3 is 0 Å². The summed E-state index contributed by atoms with van der Waals surface area (Å²) in [6.07, 6.45) is 6.41. The van der Waals surface area contributed by atoms with E-state index in [0.717, 1.165) is 19.4 Å². The Morgan fingerprint density at radius 2 is 1.90 bits per heavy atom. The molecule has 4 nitrogen and oxygen atoms in total. The van der Waals surface area contributed by atoms with Gasteiger partial charge in [0.2, 0.25) is 0 Å². The van der Waals surface area contributed by atoms with Gasteiger partial charge in [-0.25, -0.2) is 0 Å². The van der Waals surface area contributed by atoms with Crippen molar-refractivity contribution in [2.24, 2.45) is 0 Å². The van der Waals surface area contributed by atoms with Crippen LogP contribution >= 0.6 is 15.9 Å². The van der Waals surface area contributed by atoms with E-state index < -0.39 is 0 Å². The van der Waals surface area contributed by atoms with Crippen LogP contribution in [0.4, 0.5) is 0 Å². The van der Waals surface area contributed by atoms with Crippen molar-refractivity contribution in [3.63, 3.8) is 0 Å². The second kappa shape index (κ2) is 10.00. The summed E-state index contributed by atoms with van der Waals surface area (Å²) in [7, 11) is 0. The first-order valence-corrected chi connectivity index (χ1v) is 8.13. The maximum absolute atomic E-state index is 12.3. The van der Waals surface area contributed by atoms with Crippen LogP contribution in [0.2, 0.25) is 0 Å². The minimum atomic E-state index is -0.0976. The molecule has 0 fully saturated rings. The van der Waals surface area contributed by atoms with Crippen LogP contribution in [0.5, 0.6) is 0 Å². The van der Waals surface area contributed by atoms with Crippen molar-refractivity contribution in [1.29, 1.82) is 0 Å². The quantitative estimate of drug-likeness (QED) is 0.655. The fraction of sp³-hybridized carbons (Fsp3) is 0.667. The Kier molecular flexibility index (Phi) is 8.62. The lowest BCUT2D eigenvalue weighted by molar-refractivity contribution is 0.0708. The highest BCUT2D eigenvalue weighted by Crippen LogP contribution is 2.16. The highest BCUT2D eigenvalue weighted by atomic mass is 79.9. The summed E-state index contributed by atoms with van der Waals surface area (Å²) in [5, 5.41) is 8.94. The van der Waals surface area contributed by atoms with E-state index in [1.54, 1.807) is 17.0 Å². The van der Waals surface area contributed by atoms with E-state index in [9.17, 15) is 4.79 Å². The molecular weight excluding hydrogens is 322 g/mol. The summed E-state index contributed by atoms with van der Waals surface area (Å²) < 4.78 is 5.88. The molecule has 0 aromatic carbocycles. The first-order chi connectivity index (χ1) is 9.69. The van der Waals surface area contributed by atoms with E-state index in [4.69, 9.17) is 9.52 Å². The van der Waals surface area contributed by atoms with Crippen molar-refractivity contribution in [3.05, 3.63) is 22.6 Å². The Hall–Kier alpha value is -0.810. The Balaban J connectivity index is 2.47. The lowest BCUT2D eigenvalue weighted by Gasteiger charge is -2.21. The molecule has 114 valence electrons. The molecule has 0 aliphatic carbocycles. The lowest BCUT2D eigenvalue weighted by Crippen LogP contribution is -2.33. The van der Waals surface area contributed by atoms with Crippen molar-refractivity contribution in [1.82, 2.24) is 4.90 Å². The minimum absolute atomic E-state index is 0.0976. The third-order valence-electron chi connectivity index (χ3n) is 3.19. The summed E-state index contributed by atoms with van der Waals surface area (Å²) in [6.45, 7) is 3.58. The van der Waals surface area contributed by atoms with Crippen molar-refractivity contribution in [2.75, 3.05) is 19.7 Å². The van der Waals surface area contributed by atoms with Gasteiger partial charge in [-0.05, 0) is 40.9 Å². The molecule has 0 radical (unpaired) electrons. The maximum Gasteiger partial charge on any atom is 0.289 e.